The van der Waals surface area contributed by atoms with E-state index in [2.05, 4.69) is 26.0 Å². The summed E-state index contributed by atoms with van der Waals surface area (Å²) in [5.41, 5.74) is 10.6. The molecule has 0 spiro atoms. The van der Waals surface area contributed by atoms with Crippen LogP contribution in [0.1, 0.15) is 5.69 Å². The molecule has 4 rings (SSSR count). The number of rotatable bonds is 2. The van der Waals surface area contributed by atoms with Gasteiger partial charge in [0, 0.05) is 29.0 Å². The maximum atomic E-state index is 6.09. The Morgan fingerprint density at radius 3 is 2.70 bits per heavy atom. The lowest BCUT2D eigenvalue weighted by Gasteiger charge is -2.03. The summed E-state index contributed by atoms with van der Waals surface area (Å²) in [4.78, 5) is 17.7. The number of hydrogen-bond acceptors (Lipinski definition) is 6. The average molecular weight is 322 g/mol. The molecule has 0 radical (unpaired) electrons. The van der Waals surface area contributed by atoms with Crippen LogP contribution in [0.25, 0.3) is 27.8 Å². The van der Waals surface area contributed by atoms with Crippen LogP contribution in [0.2, 0.25) is 0 Å². The van der Waals surface area contributed by atoms with Crippen molar-refractivity contribution in [2.45, 2.75) is 12.1 Å². The van der Waals surface area contributed by atoms with Crippen molar-refractivity contribution < 1.29 is 0 Å². The number of pyridine rings is 1. The van der Waals surface area contributed by atoms with E-state index in [1.54, 1.807) is 12.4 Å². The van der Waals surface area contributed by atoms with Gasteiger partial charge in [-0.15, -0.1) is 0 Å². The Labute approximate surface area is 136 Å². The molecule has 4 aromatic heterocycles. The molecule has 7 heteroatoms. The molecule has 4 aromatic rings. The van der Waals surface area contributed by atoms with Crippen LogP contribution in [-0.2, 0) is 0 Å². The van der Waals surface area contributed by atoms with E-state index in [1.807, 2.05) is 35.8 Å². The molecule has 0 atom stereocenters. The first-order chi connectivity index (χ1) is 11.2. The first-order valence-electron chi connectivity index (χ1n) is 7.08. The molecule has 0 aromatic carbocycles. The first kappa shape index (κ1) is 14.0. The third-order valence-corrected chi connectivity index (χ3v) is 4.29. The van der Waals surface area contributed by atoms with Gasteiger partial charge in [0.1, 0.15) is 5.65 Å². The summed E-state index contributed by atoms with van der Waals surface area (Å²) in [7, 11) is 0. The number of thioether (sulfide) groups is 1. The number of anilines is 1. The van der Waals surface area contributed by atoms with E-state index in [1.165, 1.54) is 11.8 Å². The smallest absolute Gasteiger partial charge is 0.206 e. The molecular formula is C16H14N6S. The van der Waals surface area contributed by atoms with Crippen molar-refractivity contribution >= 4 is 34.3 Å². The fourth-order valence-electron chi connectivity index (χ4n) is 2.75. The molecule has 0 unspecified atom stereocenters. The maximum absolute atomic E-state index is 6.09. The second kappa shape index (κ2) is 5.20. The summed E-state index contributed by atoms with van der Waals surface area (Å²) in [6, 6.07) is 7.89. The van der Waals surface area contributed by atoms with Crippen LogP contribution < -0.4 is 5.73 Å². The molecule has 0 aliphatic heterocycles. The largest absolute Gasteiger partial charge is 0.369 e. The monoisotopic (exact) mass is 322 g/mol. The number of nitrogens with zero attached hydrogens (tertiary/aromatic N) is 5. The van der Waals surface area contributed by atoms with Crippen LogP contribution in [0.4, 0.5) is 5.95 Å². The molecule has 0 aliphatic rings. The molecule has 4 heterocycles. The normalized spacial score (nSPS) is 11.4. The summed E-state index contributed by atoms with van der Waals surface area (Å²) in [6.45, 7) is 1.96. The predicted octanol–water partition coefficient (Wildman–Crippen LogP) is 2.95. The second-order valence-electron chi connectivity index (χ2n) is 5.15. The third kappa shape index (κ3) is 2.12. The lowest BCUT2D eigenvalue weighted by Crippen LogP contribution is -2.00. The SMILES string of the molecule is CSc1nccc(-c2c3ccc(C)nc3n3c(N)nccc23)n1. The van der Waals surface area contributed by atoms with Crippen molar-refractivity contribution in [2.24, 2.45) is 0 Å². The number of aromatic nitrogens is 5. The Balaban J connectivity index is 2.18. The van der Waals surface area contributed by atoms with Gasteiger partial charge in [-0.2, -0.15) is 0 Å². The third-order valence-electron chi connectivity index (χ3n) is 3.73. The maximum Gasteiger partial charge on any atom is 0.206 e. The van der Waals surface area contributed by atoms with E-state index in [9.17, 15) is 0 Å². The van der Waals surface area contributed by atoms with Crippen LogP contribution in [-0.4, -0.2) is 30.6 Å². The van der Waals surface area contributed by atoms with Crippen LogP contribution in [0, 0.1) is 6.92 Å². The van der Waals surface area contributed by atoms with E-state index >= 15 is 0 Å². The molecule has 0 bridgehead atoms. The molecule has 0 amide bonds. The Morgan fingerprint density at radius 2 is 1.87 bits per heavy atom. The highest BCUT2D eigenvalue weighted by Gasteiger charge is 2.17. The van der Waals surface area contributed by atoms with E-state index in [0.717, 1.165) is 38.7 Å². The summed E-state index contributed by atoms with van der Waals surface area (Å²) < 4.78 is 1.87. The molecule has 0 saturated carbocycles. The summed E-state index contributed by atoms with van der Waals surface area (Å²) in [6.07, 6.45) is 5.44. The molecule has 23 heavy (non-hydrogen) atoms. The minimum absolute atomic E-state index is 0.413. The fourth-order valence-corrected chi connectivity index (χ4v) is 3.11. The van der Waals surface area contributed by atoms with Gasteiger partial charge < -0.3 is 5.73 Å². The summed E-state index contributed by atoms with van der Waals surface area (Å²) in [5, 5.41) is 1.73. The quantitative estimate of drug-likeness (QED) is 0.451. The Morgan fingerprint density at radius 1 is 1.04 bits per heavy atom. The number of nitrogen functional groups attached to an aromatic ring is 1. The van der Waals surface area contributed by atoms with Gasteiger partial charge in [-0.05, 0) is 37.4 Å². The van der Waals surface area contributed by atoms with Gasteiger partial charge in [-0.25, -0.2) is 19.9 Å². The van der Waals surface area contributed by atoms with Crippen molar-refractivity contribution in [3.8, 4) is 11.3 Å². The highest BCUT2D eigenvalue weighted by Crippen LogP contribution is 2.34. The molecule has 2 N–H and O–H groups in total. The Bertz CT molecular complexity index is 1040. The topological polar surface area (TPSA) is 82.0 Å². The fraction of sp³-hybridized carbons (Fsp3) is 0.125. The highest BCUT2D eigenvalue weighted by molar-refractivity contribution is 7.98. The van der Waals surface area contributed by atoms with Crippen molar-refractivity contribution in [3.63, 3.8) is 0 Å². The van der Waals surface area contributed by atoms with Crippen molar-refractivity contribution in [3.05, 3.63) is 42.4 Å². The summed E-state index contributed by atoms with van der Waals surface area (Å²) in [5.74, 6) is 0.413. The molecule has 114 valence electrons. The number of aryl methyl sites for hydroxylation is 1. The zero-order valence-corrected chi connectivity index (χ0v) is 13.5. The second-order valence-corrected chi connectivity index (χ2v) is 5.92. The van der Waals surface area contributed by atoms with Gasteiger partial charge in [0.15, 0.2) is 5.16 Å². The lowest BCUT2D eigenvalue weighted by atomic mass is 10.1. The zero-order chi connectivity index (χ0) is 16.0. The zero-order valence-electron chi connectivity index (χ0n) is 12.7. The van der Waals surface area contributed by atoms with Gasteiger partial charge in [0.25, 0.3) is 0 Å². The Kier molecular flexibility index (Phi) is 3.16. The molecule has 0 fully saturated rings. The van der Waals surface area contributed by atoms with Crippen LogP contribution in [0.5, 0.6) is 0 Å². The standard InChI is InChI=1S/C16H14N6S/c1-9-3-4-10-13(11-5-7-19-16(21-11)23-2)12-6-8-18-15(17)22(12)14(10)20-9/h3-8H,1-2H3,(H2,17,18). The van der Waals surface area contributed by atoms with Gasteiger partial charge in [-0.3, -0.25) is 4.40 Å². The van der Waals surface area contributed by atoms with E-state index in [-0.39, 0.29) is 0 Å². The van der Waals surface area contributed by atoms with Crippen molar-refractivity contribution in [1.82, 2.24) is 24.3 Å². The molecule has 0 aliphatic carbocycles. The number of hydrogen-bond donors (Lipinski definition) is 1. The first-order valence-corrected chi connectivity index (χ1v) is 8.31. The van der Waals surface area contributed by atoms with Crippen LogP contribution in [0.3, 0.4) is 0 Å². The van der Waals surface area contributed by atoms with E-state index < -0.39 is 0 Å². The Hall–Kier alpha value is -2.67. The van der Waals surface area contributed by atoms with Crippen molar-refractivity contribution in [1.29, 1.82) is 0 Å². The molecular weight excluding hydrogens is 308 g/mol. The minimum atomic E-state index is 0.413. The van der Waals surface area contributed by atoms with Crippen molar-refractivity contribution in [2.75, 3.05) is 12.0 Å². The van der Waals surface area contributed by atoms with Crippen LogP contribution >= 0.6 is 11.8 Å². The van der Waals surface area contributed by atoms with Crippen LogP contribution in [0.15, 0.2) is 41.8 Å². The van der Waals surface area contributed by atoms with Gasteiger partial charge in [0.05, 0.1) is 11.2 Å². The van der Waals surface area contributed by atoms with Gasteiger partial charge >= 0.3 is 0 Å². The van der Waals surface area contributed by atoms with Gasteiger partial charge in [-0.1, -0.05) is 11.8 Å². The number of fused-ring (bicyclic) bond motifs is 3. The lowest BCUT2D eigenvalue weighted by molar-refractivity contribution is 0.977. The summed E-state index contributed by atoms with van der Waals surface area (Å²) >= 11 is 1.51. The average Bonchev–Trinajstić information content (AvgIpc) is 2.89. The predicted molar refractivity (Wildman–Crippen MR) is 92.4 cm³/mol. The highest BCUT2D eigenvalue weighted by atomic mass is 32.2. The molecule has 6 nitrogen and oxygen atoms in total. The van der Waals surface area contributed by atoms with E-state index in [0.29, 0.717) is 5.95 Å². The molecule has 0 saturated heterocycles. The van der Waals surface area contributed by atoms with Gasteiger partial charge in [0.2, 0.25) is 5.95 Å². The minimum Gasteiger partial charge on any atom is -0.369 e. The number of nitrogens with two attached hydrogens (primary N) is 1. The van der Waals surface area contributed by atoms with E-state index in [4.69, 9.17) is 5.73 Å².